The summed E-state index contributed by atoms with van der Waals surface area (Å²) in [5.41, 5.74) is 2.06. The Bertz CT molecular complexity index is 608. The standard InChI is InChI=1S/C15H19ClN4O/c1-4-12-5-6-14(17-7-12)10-19(3)15(21)11(2)20-9-13(16)8-18-20/h5-9,11H,4,10H2,1-3H3. The fourth-order valence-electron chi connectivity index (χ4n) is 2.04. The van der Waals surface area contributed by atoms with E-state index in [1.165, 1.54) is 11.8 Å². The summed E-state index contributed by atoms with van der Waals surface area (Å²) in [5, 5.41) is 4.59. The largest absolute Gasteiger partial charge is 0.338 e. The van der Waals surface area contributed by atoms with Crippen molar-refractivity contribution in [2.75, 3.05) is 7.05 Å². The summed E-state index contributed by atoms with van der Waals surface area (Å²) >= 11 is 5.83. The van der Waals surface area contributed by atoms with Crippen LogP contribution in [0.1, 0.15) is 31.1 Å². The predicted octanol–water partition coefficient (Wildman–Crippen LogP) is 2.71. The summed E-state index contributed by atoms with van der Waals surface area (Å²) in [5.74, 6) is -0.0314. The first kappa shape index (κ1) is 15.5. The van der Waals surface area contributed by atoms with Crippen LogP contribution in [0.25, 0.3) is 0 Å². The molecule has 1 unspecified atom stereocenters. The second-order valence-corrected chi connectivity index (χ2v) is 5.46. The number of pyridine rings is 1. The number of aromatic nitrogens is 3. The molecule has 1 amide bonds. The molecule has 0 aliphatic carbocycles. The highest BCUT2D eigenvalue weighted by Crippen LogP contribution is 2.14. The van der Waals surface area contributed by atoms with Gasteiger partial charge >= 0.3 is 0 Å². The highest BCUT2D eigenvalue weighted by atomic mass is 35.5. The number of hydrogen-bond donors (Lipinski definition) is 0. The summed E-state index contributed by atoms with van der Waals surface area (Å²) < 4.78 is 1.56. The van der Waals surface area contributed by atoms with Crippen molar-refractivity contribution in [3.63, 3.8) is 0 Å². The van der Waals surface area contributed by atoms with Crippen LogP contribution < -0.4 is 0 Å². The lowest BCUT2D eigenvalue weighted by Crippen LogP contribution is -2.33. The van der Waals surface area contributed by atoms with Gasteiger partial charge in [-0.15, -0.1) is 0 Å². The zero-order valence-corrected chi connectivity index (χ0v) is 13.2. The van der Waals surface area contributed by atoms with Gasteiger partial charge in [-0.05, 0) is 25.0 Å². The summed E-state index contributed by atoms with van der Waals surface area (Å²) in [6.45, 7) is 4.36. The van der Waals surface area contributed by atoms with E-state index >= 15 is 0 Å². The van der Waals surface area contributed by atoms with Crippen LogP contribution in [0.2, 0.25) is 5.02 Å². The Morgan fingerprint density at radius 3 is 2.71 bits per heavy atom. The smallest absolute Gasteiger partial charge is 0.247 e. The Morgan fingerprint density at radius 1 is 1.43 bits per heavy atom. The summed E-state index contributed by atoms with van der Waals surface area (Å²) in [4.78, 5) is 18.4. The molecule has 21 heavy (non-hydrogen) atoms. The van der Waals surface area contributed by atoms with E-state index in [0.717, 1.165) is 12.1 Å². The number of aryl methyl sites for hydroxylation is 1. The molecule has 0 fully saturated rings. The van der Waals surface area contributed by atoms with E-state index in [2.05, 4.69) is 17.0 Å². The third kappa shape index (κ3) is 3.82. The molecule has 0 saturated carbocycles. The fraction of sp³-hybridized carbons (Fsp3) is 0.400. The number of halogens is 1. The second kappa shape index (κ2) is 6.72. The van der Waals surface area contributed by atoms with Gasteiger partial charge in [0.05, 0.1) is 23.5 Å². The lowest BCUT2D eigenvalue weighted by atomic mass is 10.2. The highest BCUT2D eigenvalue weighted by molar-refractivity contribution is 6.30. The SMILES string of the molecule is CCc1ccc(CN(C)C(=O)C(C)n2cc(Cl)cn2)nc1. The molecule has 2 heterocycles. The first-order chi connectivity index (χ1) is 10.0. The number of carbonyl (C=O) groups excluding carboxylic acids is 1. The maximum Gasteiger partial charge on any atom is 0.247 e. The number of rotatable bonds is 5. The zero-order chi connectivity index (χ0) is 15.4. The van der Waals surface area contributed by atoms with Gasteiger partial charge in [-0.2, -0.15) is 5.10 Å². The van der Waals surface area contributed by atoms with Crippen LogP contribution in [0.4, 0.5) is 0 Å². The van der Waals surface area contributed by atoms with Gasteiger partial charge in [-0.25, -0.2) is 0 Å². The minimum atomic E-state index is -0.391. The molecule has 0 aliphatic rings. The Kier molecular flexibility index (Phi) is 4.96. The van der Waals surface area contributed by atoms with Crippen LogP contribution in [-0.4, -0.2) is 32.6 Å². The average molecular weight is 307 g/mol. The Morgan fingerprint density at radius 2 is 2.19 bits per heavy atom. The molecule has 0 bridgehead atoms. The van der Waals surface area contributed by atoms with Gasteiger partial charge < -0.3 is 4.90 Å². The van der Waals surface area contributed by atoms with Gasteiger partial charge in [0.15, 0.2) is 0 Å². The van der Waals surface area contributed by atoms with E-state index in [1.54, 1.807) is 29.7 Å². The molecule has 2 aromatic heterocycles. The molecule has 2 aromatic rings. The second-order valence-electron chi connectivity index (χ2n) is 5.02. The van der Waals surface area contributed by atoms with Gasteiger partial charge in [0.25, 0.3) is 0 Å². The van der Waals surface area contributed by atoms with Crippen molar-refractivity contribution in [3.05, 3.63) is 47.0 Å². The maximum absolute atomic E-state index is 12.4. The fourth-order valence-corrected chi connectivity index (χ4v) is 2.18. The van der Waals surface area contributed by atoms with Crippen LogP contribution in [0.3, 0.4) is 0 Å². The summed E-state index contributed by atoms with van der Waals surface area (Å²) in [6, 6.07) is 3.60. The minimum absolute atomic E-state index is 0.0314. The topological polar surface area (TPSA) is 51.0 Å². The molecular weight excluding hydrogens is 288 g/mol. The molecule has 0 aliphatic heterocycles. The van der Waals surface area contributed by atoms with E-state index in [1.807, 2.05) is 18.3 Å². The maximum atomic E-state index is 12.4. The molecule has 5 nitrogen and oxygen atoms in total. The quantitative estimate of drug-likeness (QED) is 0.853. The molecule has 0 N–H and O–H groups in total. The van der Waals surface area contributed by atoms with Crippen LogP contribution in [0.5, 0.6) is 0 Å². The molecule has 0 radical (unpaired) electrons. The monoisotopic (exact) mass is 306 g/mol. The number of likely N-dealkylation sites (N-methyl/N-ethyl adjacent to an activating group) is 1. The van der Waals surface area contributed by atoms with E-state index in [-0.39, 0.29) is 5.91 Å². The van der Waals surface area contributed by atoms with Gasteiger partial charge in [-0.3, -0.25) is 14.5 Å². The first-order valence-electron chi connectivity index (χ1n) is 6.89. The van der Waals surface area contributed by atoms with Gasteiger partial charge in [0, 0.05) is 19.4 Å². The number of hydrogen-bond acceptors (Lipinski definition) is 3. The molecule has 0 spiro atoms. The number of carbonyl (C=O) groups is 1. The summed E-state index contributed by atoms with van der Waals surface area (Å²) in [6.07, 6.45) is 5.98. The zero-order valence-electron chi connectivity index (χ0n) is 12.5. The molecule has 112 valence electrons. The van der Waals surface area contributed by atoms with Crippen molar-refractivity contribution in [2.45, 2.75) is 32.9 Å². The minimum Gasteiger partial charge on any atom is -0.338 e. The van der Waals surface area contributed by atoms with E-state index in [4.69, 9.17) is 11.6 Å². The molecular formula is C15H19ClN4O. The third-order valence-electron chi connectivity index (χ3n) is 3.39. The van der Waals surface area contributed by atoms with Crippen molar-refractivity contribution in [1.82, 2.24) is 19.7 Å². The Hall–Kier alpha value is -1.88. The van der Waals surface area contributed by atoms with Crippen molar-refractivity contribution >= 4 is 17.5 Å². The van der Waals surface area contributed by atoms with E-state index in [9.17, 15) is 4.79 Å². The first-order valence-corrected chi connectivity index (χ1v) is 7.27. The Labute approximate surface area is 129 Å². The van der Waals surface area contributed by atoms with Crippen LogP contribution in [0.15, 0.2) is 30.7 Å². The number of nitrogens with zero attached hydrogens (tertiary/aromatic N) is 4. The van der Waals surface area contributed by atoms with E-state index < -0.39 is 6.04 Å². The molecule has 6 heteroatoms. The lowest BCUT2D eigenvalue weighted by Gasteiger charge is -2.21. The Balaban J connectivity index is 2.01. The van der Waals surface area contributed by atoms with Crippen molar-refractivity contribution in [1.29, 1.82) is 0 Å². The average Bonchev–Trinajstić information content (AvgIpc) is 2.93. The molecule has 0 saturated heterocycles. The molecule has 0 aromatic carbocycles. The van der Waals surface area contributed by atoms with Crippen LogP contribution in [0, 0.1) is 0 Å². The lowest BCUT2D eigenvalue weighted by molar-refractivity contribution is -0.133. The van der Waals surface area contributed by atoms with Gasteiger partial charge in [0.1, 0.15) is 6.04 Å². The van der Waals surface area contributed by atoms with Crippen molar-refractivity contribution in [3.8, 4) is 0 Å². The van der Waals surface area contributed by atoms with Gasteiger partial charge in [-0.1, -0.05) is 24.6 Å². The van der Waals surface area contributed by atoms with Crippen molar-refractivity contribution in [2.24, 2.45) is 0 Å². The normalized spacial score (nSPS) is 12.2. The molecule has 2 rings (SSSR count). The summed E-state index contributed by atoms with van der Waals surface area (Å²) in [7, 11) is 1.76. The molecule has 1 atom stereocenters. The number of amides is 1. The van der Waals surface area contributed by atoms with E-state index in [0.29, 0.717) is 11.6 Å². The van der Waals surface area contributed by atoms with Crippen LogP contribution in [-0.2, 0) is 17.8 Å². The van der Waals surface area contributed by atoms with Gasteiger partial charge in [0.2, 0.25) is 5.91 Å². The third-order valence-corrected chi connectivity index (χ3v) is 3.59. The van der Waals surface area contributed by atoms with Crippen LogP contribution >= 0.6 is 11.6 Å². The van der Waals surface area contributed by atoms with Crippen molar-refractivity contribution < 1.29 is 4.79 Å². The predicted molar refractivity (Wildman–Crippen MR) is 82.0 cm³/mol. The highest BCUT2D eigenvalue weighted by Gasteiger charge is 2.20.